The highest BCUT2D eigenvalue weighted by atomic mass is 16.3. The zero-order valence-corrected chi connectivity index (χ0v) is 13.9. The average Bonchev–Trinajstić information content (AvgIpc) is 3.24. The number of piperidine rings is 1. The van der Waals surface area contributed by atoms with Gasteiger partial charge in [-0.3, -0.25) is 0 Å². The van der Waals surface area contributed by atoms with E-state index in [0.29, 0.717) is 18.7 Å². The minimum Gasteiger partial charge on any atom is -0.394 e. The van der Waals surface area contributed by atoms with Crippen molar-refractivity contribution in [3.8, 4) is 0 Å². The highest BCUT2D eigenvalue weighted by molar-refractivity contribution is 5.03. The van der Waals surface area contributed by atoms with Crippen LogP contribution in [0, 0.1) is 0 Å². The lowest BCUT2D eigenvalue weighted by Gasteiger charge is -2.40. The molecule has 0 bridgehead atoms. The Hall–Kier alpha value is -0.160. The molecule has 4 nitrogen and oxygen atoms in total. The quantitative estimate of drug-likeness (QED) is 0.778. The highest BCUT2D eigenvalue weighted by Gasteiger charge is 2.44. The Bertz CT molecular complexity index is 339. The average molecular weight is 295 g/mol. The molecule has 21 heavy (non-hydrogen) atoms. The van der Waals surface area contributed by atoms with Gasteiger partial charge in [0.15, 0.2) is 0 Å². The summed E-state index contributed by atoms with van der Waals surface area (Å²) < 4.78 is 0. The van der Waals surface area contributed by atoms with Gasteiger partial charge in [0.05, 0.1) is 6.61 Å². The fraction of sp³-hybridized carbons (Fsp3) is 1.00. The maximum atomic E-state index is 9.88. The van der Waals surface area contributed by atoms with Gasteiger partial charge in [-0.1, -0.05) is 6.92 Å². The molecule has 2 saturated carbocycles. The van der Waals surface area contributed by atoms with Gasteiger partial charge in [-0.15, -0.1) is 0 Å². The van der Waals surface area contributed by atoms with E-state index in [1.165, 1.54) is 51.7 Å². The van der Waals surface area contributed by atoms with Crippen molar-refractivity contribution in [1.82, 2.24) is 15.1 Å². The predicted octanol–water partition coefficient (Wildman–Crippen LogP) is 1.44. The van der Waals surface area contributed by atoms with Gasteiger partial charge in [0.2, 0.25) is 0 Å². The van der Waals surface area contributed by atoms with E-state index in [0.717, 1.165) is 18.9 Å². The van der Waals surface area contributed by atoms with E-state index < -0.39 is 0 Å². The molecule has 2 unspecified atom stereocenters. The lowest BCUT2D eigenvalue weighted by atomic mass is 9.97. The van der Waals surface area contributed by atoms with Crippen molar-refractivity contribution >= 4 is 0 Å². The smallest absolute Gasteiger partial charge is 0.0614 e. The van der Waals surface area contributed by atoms with Gasteiger partial charge in [-0.25, -0.2) is 0 Å². The summed E-state index contributed by atoms with van der Waals surface area (Å²) in [5.74, 6) is 0. The van der Waals surface area contributed by atoms with E-state index in [1.807, 2.05) is 0 Å². The lowest BCUT2D eigenvalue weighted by Crippen LogP contribution is -2.50. The lowest BCUT2D eigenvalue weighted by molar-refractivity contribution is 0.0904. The minimum atomic E-state index is 0.0181. The zero-order chi connectivity index (χ0) is 14.9. The maximum absolute atomic E-state index is 9.88. The minimum absolute atomic E-state index is 0.0181. The molecular weight excluding hydrogens is 262 g/mol. The molecule has 0 aromatic rings. The first kappa shape index (κ1) is 15.7. The SMILES string of the molecule is CCN1CCC(N(C)C2CCC(CO)(NC3CC3)C2)CC1. The number of hydrogen-bond donors (Lipinski definition) is 2. The third-order valence-electron chi connectivity index (χ3n) is 6.13. The number of hydrogen-bond acceptors (Lipinski definition) is 4. The van der Waals surface area contributed by atoms with Crippen LogP contribution < -0.4 is 5.32 Å². The number of aliphatic hydroxyl groups is 1. The number of nitrogens with zero attached hydrogens (tertiary/aromatic N) is 2. The molecule has 1 aliphatic heterocycles. The molecule has 4 heteroatoms. The summed E-state index contributed by atoms with van der Waals surface area (Å²) in [6.07, 6.45) is 8.74. The molecule has 3 fully saturated rings. The van der Waals surface area contributed by atoms with Crippen LogP contribution in [0.2, 0.25) is 0 Å². The van der Waals surface area contributed by atoms with E-state index in [9.17, 15) is 5.11 Å². The molecule has 3 aliphatic rings. The van der Waals surface area contributed by atoms with Crippen LogP contribution in [0.3, 0.4) is 0 Å². The second-order valence-corrected chi connectivity index (χ2v) is 7.58. The number of likely N-dealkylation sites (tertiary alicyclic amines) is 1. The third kappa shape index (κ3) is 3.61. The molecular formula is C17H33N3O. The van der Waals surface area contributed by atoms with Gasteiger partial charge >= 0.3 is 0 Å². The summed E-state index contributed by atoms with van der Waals surface area (Å²) in [6.45, 7) is 6.27. The van der Waals surface area contributed by atoms with Crippen molar-refractivity contribution in [3.05, 3.63) is 0 Å². The number of nitrogens with one attached hydrogen (secondary N) is 1. The van der Waals surface area contributed by atoms with Crippen LogP contribution in [0.1, 0.15) is 51.9 Å². The molecule has 0 aromatic carbocycles. The van der Waals surface area contributed by atoms with Crippen LogP contribution in [0.15, 0.2) is 0 Å². The van der Waals surface area contributed by atoms with Crippen LogP contribution in [0.4, 0.5) is 0 Å². The Kier molecular flexibility index (Phi) is 4.89. The second-order valence-electron chi connectivity index (χ2n) is 7.58. The van der Waals surface area contributed by atoms with Crippen LogP contribution in [-0.2, 0) is 0 Å². The second kappa shape index (κ2) is 6.53. The van der Waals surface area contributed by atoms with Crippen molar-refractivity contribution in [2.75, 3.05) is 33.3 Å². The van der Waals surface area contributed by atoms with Crippen molar-refractivity contribution in [1.29, 1.82) is 0 Å². The fourth-order valence-corrected chi connectivity index (χ4v) is 4.37. The molecule has 0 amide bonds. The third-order valence-corrected chi connectivity index (χ3v) is 6.13. The fourth-order valence-electron chi connectivity index (χ4n) is 4.37. The first-order valence-corrected chi connectivity index (χ1v) is 8.98. The molecule has 1 heterocycles. The zero-order valence-electron chi connectivity index (χ0n) is 13.9. The maximum Gasteiger partial charge on any atom is 0.0614 e. The van der Waals surface area contributed by atoms with Crippen LogP contribution in [0.5, 0.6) is 0 Å². The van der Waals surface area contributed by atoms with Gasteiger partial charge in [-0.2, -0.15) is 0 Å². The number of rotatable bonds is 6. The highest BCUT2D eigenvalue weighted by Crippen LogP contribution is 2.37. The van der Waals surface area contributed by atoms with E-state index in [2.05, 4.69) is 29.1 Å². The Morgan fingerprint density at radius 3 is 2.43 bits per heavy atom. The van der Waals surface area contributed by atoms with Gasteiger partial charge in [0, 0.05) is 23.7 Å². The van der Waals surface area contributed by atoms with Gasteiger partial charge in [0.25, 0.3) is 0 Å². The summed E-state index contributed by atoms with van der Waals surface area (Å²) in [7, 11) is 2.32. The summed E-state index contributed by atoms with van der Waals surface area (Å²) in [5, 5.41) is 13.6. The summed E-state index contributed by atoms with van der Waals surface area (Å²) in [5.41, 5.74) is 0.0181. The van der Waals surface area contributed by atoms with E-state index in [-0.39, 0.29) is 5.54 Å². The summed E-state index contributed by atoms with van der Waals surface area (Å²) in [4.78, 5) is 5.20. The standard InChI is InChI=1S/C17H33N3O/c1-3-20-10-7-15(8-11-20)19(2)16-6-9-17(12-16,13-21)18-14-4-5-14/h14-16,18,21H,3-13H2,1-2H3. The van der Waals surface area contributed by atoms with Crippen LogP contribution in [-0.4, -0.2) is 71.9 Å². The number of aliphatic hydroxyl groups excluding tert-OH is 1. The molecule has 2 aliphatic carbocycles. The first-order chi connectivity index (χ1) is 10.2. The molecule has 2 N–H and O–H groups in total. The topological polar surface area (TPSA) is 38.7 Å². The predicted molar refractivity (Wildman–Crippen MR) is 86.5 cm³/mol. The molecule has 0 aromatic heterocycles. The van der Waals surface area contributed by atoms with Crippen molar-refractivity contribution < 1.29 is 5.11 Å². The normalized spacial score (nSPS) is 35.7. The summed E-state index contributed by atoms with van der Waals surface area (Å²) >= 11 is 0. The molecule has 2 atom stereocenters. The van der Waals surface area contributed by atoms with E-state index in [4.69, 9.17) is 0 Å². The largest absolute Gasteiger partial charge is 0.394 e. The molecule has 0 spiro atoms. The Morgan fingerprint density at radius 2 is 1.86 bits per heavy atom. The molecule has 122 valence electrons. The van der Waals surface area contributed by atoms with Gasteiger partial charge in [-0.05, 0) is 71.6 Å². The summed E-state index contributed by atoms with van der Waals surface area (Å²) in [6, 6.07) is 2.09. The monoisotopic (exact) mass is 295 g/mol. The van der Waals surface area contributed by atoms with E-state index >= 15 is 0 Å². The van der Waals surface area contributed by atoms with Crippen molar-refractivity contribution in [2.45, 2.75) is 75.5 Å². The van der Waals surface area contributed by atoms with Crippen LogP contribution >= 0.6 is 0 Å². The Labute approximate surface area is 129 Å². The van der Waals surface area contributed by atoms with Gasteiger partial charge in [0.1, 0.15) is 0 Å². The van der Waals surface area contributed by atoms with E-state index in [1.54, 1.807) is 0 Å². The van der Waals surface area contributed by atoms with Gasteiger partial charge < -0.3 is 20.2 Å². The molecule has 3 rings (SSSR count). The first-order valence-electron chi connectivity index (χ1n) is 8.98. The molecule has 1 saturated heterocycles. The van der Waals surface area contributed by atoms with Crippen LogP contribution in [0.25, 0.3) is 0 Å². The Morgan fingerprint density at radius 1 is 1.14 bits per heavy atom. The van der Waals surface area contributed by atoms with Crippen molar-refractivity contribution in [2.24, 2.45) is 0 Å². The Balaban J connectivity index is 1.52. The van der Waals surface area contributed by atoms with Crippen molar-refractivity contribution in [3.63, 3.8) is 0 Å². The molecule has 0 radical (unpaired) electrons.